The Hall–Kier alpha value is -5.43. The van der Waals surface area contributed by atoms with Gasteiger partial charge in [0.1, 0.15) is 0 Å². The molecule has 9 nitrogen and oxygen atoms in total. The molecule has 3 heterocycles. The zero-order valence-electron chi connectivity index (χ0n) is 25.7. The number of hydrogen-bond donors (Lipinski definition) is 0. The molecule has 0 bridgehead atoms. The van der Waals surface area contributed by atoms with Gasteiger partial charge in [0.25, 0.3) is 0 Å². The van der Waals surface area contributed by atoms with Gasteiger partial charge in [-0.25, -0.2) is 25.3 Å². The topological polar surface area (TPSA) is 112 Å². The van der Waals surface area contributed by atoms with Gasteiger partial charge in [0.15, 0.2) is 0 Å². The lowest BCUT2D eigenvalue weighted by Gasteiger charge is -2.36. The average molecular weight is 704 g/mol. The third-order valence-electron chi connectivity index (χ3n) is 9.29. The van der Waals surface area contributed by atoms with E-state index in [0.29, 0.717) is 45.5 Å². The van der Waals surface area contributed by atoms with Gasteiger partial charge in [0.05, 0.1) is 63.5 Å². The summed E-state index contributed by atoms with van der Waals surface area (Å²) in [6, 6.07) is 36.9. The normalized spacial score (nSPS) is 17.1. The standard InChI is InChI=1S/C37H25N3O6S3/c1-38-26-20-18-24(39-28-10-2-6-14-32(28)47(41,42)33-15-7-3-11-29(33)39)22-36(26)49(45,46)37-23-25(19-21-27(37)38)40-30-12-4-8-16-34(30)48(43,44)35-17-9-5-13-31(35)40/h2-23H,1H3. The van der Waals surface area contributed by atoms with E-state index in [1.165, 1.54) is 0 Å². The van der Waals surface area contributed by atoms with Crippen molar-refractivity contribution >= 4 is 75.0 Å². The molecular weight excluding hydrogens is 679 g/mol. The third-order valence-corrected chi connectivity index (χ3v) is 14.8. The molecule has 0 saturated carbocycles. The van der Waals surface area contributed by atoms with Crippen molar-refractivity contribution in [3.63, 3.8) is 0 Å². The Kier molecular flexibility index (Phi) is 6.09. The summed E-state index contributed by atoms with van der Waals surface area (Å²) < 4.78 is 83.6. The van der Waals surface area contributed by atoms with Crippen LogP contribution in [-0.4, -0.2) is 32.3 Å². The molecule has 6 aromatic rings. The molecule has 242 valence electrons. The van der Waals surface area contributed by atoms with Crippen molar-refractivity contribution in [2.75, 3.05) is 21.7 Å². The zero-order valence-corrected chi connectivity index (χ0v) is 28.2. The molecule has 0 atom stereocenters. The van der Waals surface area contributed by atoms with Crippen molar-refractivity contribution in [3.8, 4) is 0 Å². The van der Waals surface area contributed by atoms with Crippen molar-refractivity contribution in [2.45, 2.75) is 29.4 Å². The fourth-order valence-corrected chi connectivity index (χ4v) is 12.0. The van der Waals surface area contributed by atoms with E-state index in [1.54, 1.807) is 150 Å². The Morgan fingerprint density at radius 1 is 0.347 bits per heavy atom. The molecule has 0 aromatic heterocycles. The Labute approximate surface area is 283 Å². The fraction of sp³-hybridized carbons (Fsp3) is 0.0270. The van der Waals surface area contributed by atoms with Crippen LogP contribution in [0.5, 0.6) is 0 Å². The molecule has 0 amide bonds. The SMILES string of the molecule is CN1c2ccc(N3c4ccccc4S(=O)(=O)c4ccccc43)cc2S(=O)(=O)c2cc(N3c4ccccc4S(=O)(=O)c4ccccc43)ccc21. The summed E-state index contributed by atoms with van der Waals surface area (Å²) in [5, 5.41) is 0. The smallest absolute Gasteiger partial charge is 0.210 e. The molecule has 0 fully saturated rings. The summed E-state index contributed by atoms with van der Waals surface area (Å²) in [6.45, 7) is 0. The van der Waals surface area contributed by atoms with Crippen LogP contribution in [0.15, 0.2) is 163 Å². The lowest BCUT2D eigenvalue weighted by atomic mass is 10.1. The molecule has 9 rings (SSSR count). The predicted molar refractivity (Wildman–Crippen MR) is 187 cm³/mol. The molecular formula is C37H25N3O6S3. The van der Waals surface area contributed by atoms with E-state index in [4.69, 9.17) is 0 Å². The first-order valence-corrected chi connectivity index (χ1v) is 19.7. The van der Waals surface area contributed by atoms with Crippen LogP contribution in [0.2, 0.25) is 0 Å². The van der Waals surface area contributed by atoms with E-state index in [2.05, 4.69) is 0 Å². The van der Waals surface area contributed by atoms with E-state index in [9.17, 15) is 25.3 Å². The minimum absolute atomic E-state index is 0.0579. The van der Waals surface area contributed by atoms with Crippen molar-refractivity contribution in [1.82, 2.24) is 0 Å². The number of fused-ring (bicyclic) bond motifs is 6. The maximum Gasteiger partial charge on any atom is 0.210 e. The minimum atomic E-state index is -4.14. The highest BCUT2D eigenvalue weighted by atomic mass is 32.2. The highest BCUT2D eigenvalue weighted by Gasteiger charge is 2.39. The lowest BCUT2D eigenvalue weighted by Crippen LogP contribution is -2.25. The van der Waals surface area contributed by atoms with E-state index in [0.717, 1.165) is 0 Å². The lowest BCUT2D eigenvalue weighted by molar-refractivity contribution is 0.592. The highest BCUT2D eigenvalue weighted by molar-refractivity contribution is 7.92. The number of nitrogens with zero attached hydrogens (tertiary/aromatic N) is 3. The molecule has 0 N–H and O–H groups in total. The highest BCUT2D eigenvalue weighted by Crippen LogP contribution is 2.53. The van der Waals surface area contributed by atoms with Crippen LogP contribution >= 0.6 is 0 Å². The number of hydrogen-bond acceptors (Lipinski definition) is 9. The van der Waals surface area contributed by atoms with Gasteiger partial charge in [-0.1, -0.05) is 48.5 Å². The fourth-order valence-electron chi connectivity index (χ4n) is 7.05. The van der Waals surface area contributed by atoms with Crippen LogP contribution in [0.4, 0.5) is 45.5 Å². The first-order valence-electron chi connectivity index (χ1n) is 15.2. The molecule has 0 spiro atoms. The molecule has 6 aromatic carbocycles. The second-order valence-corrected chi connectivity index (χ2v) is 17.6. The maximum atomic E-state index is 14.6. The Bertz CT molecular complexity index is 2480. The van der Waals surface area contributed by atoms with E-state index < -0.39 is 29.5 Å². The maximum absolute atomic E-state index is 14.6. The Morgan fingerprint density at radius 3 is 0.959 bits per heavy atom. The van der Waals surface area contributed by atoms with E-state index >= 15 is 0 Å². The quantitative estimate of drug-likeness (QED) is 0.178. The summed E-state index contributed by atoms with van der Waals surface area (Å²) in [7, 11) is -9.96. The third kappa shape index (κ3) is 3.99. The van der Waals surface area contributed by atoms with Gasteiger partial charge in [-0.3, -0.25) is 0 Å². The number of anilines is 8. The molecule has 49 heavy (non-hydrogen) atoms. The molecule has 3 aliphatic heterocycles. The summed E-state index contributed by atoms with van der Waals surface area (Å²) in [5.74, 6) is 0. The molecule has 0 saturated heterocycles. The van der Waals surface area contributed by atoms with Crippen molar-refractivity contribution in [1.29, 1.82) is 0 Å². The Morgan fingerprint density at radius 2 is 0.633 bits per heavy atom. The molecule has 0 aliphatic carbocycles. The summed E-state index contributed by atoms with van der Waals surface area (Å²) in [5.41, 5.74) is 3.57. The summed E-state index contributed by atoms with van der Waals surface area (Å²) >= 11 is 0. The second kappa shape index (κ2) is 10.0. The van der Waals surface area contributed by atoms with Crippen LogP contribution in [0.3, 0.4) is 0 Å². The van der Waals surface area contributed by atoms with Gasteiger partial charge >= 0.3 is 0 Å². The summed E-state index contributed by atoms with van der Waals surface area (Å²) in [4.78, 5) is 5.99. The monoisotopic (exact) mass is 703 g/mol. The number of rotatable bonds is 2. The second-order valence-electron chi connectivity index (χ2n) is 11.9. The first kappa shape index (κ1) is 29.7. The zero-order chi connectivity index (χ0) is 33.9. The molecule has 0 unspecified atom stereocenters. The largest absolute Gasteiger partial charge is 0.342 e. The Balaban J connectivity index is 1.22. The van der Waals surface area contributed by atoms with Gasteiger partial charge in [0.2, 0.25) is 29.5 Å². The van der Waals surface area contributed by atoms with Gasteiger partial charge in [-0.05, 0) is 84.9 Å². The number of sulfone groups is 3. The van der Waals surface area contributed by atoms with E-state index in [-0.39, 0.29) is 29.4 Å². The molecule has 0 radical (unpaired) electrons. The van der Waals surface area contributed by atoms with Crippen LogP contribution in [0, 0.1) is 0 Å². The van der Waals surface area contributed by atoms with Gasteiger partial charge < -0.3 is 14.7 Å². The minimum Gasteiger partial charge on any atom is -0.342 e. The van der Waals surface area contributed by atoms with Crippen molar-refractivity contribution < 1.29 is 25.3 Å². The number of benzene rings is 6. The van der Waals surface area contributed by atoms with Crippen LogP contribution in [0.25, 0.3) is 0 Å². The van der Waals surface area contributed by atoms with Crippen LogP contribution in [-0.2, 0) is 29.5 Å². The van der Waals surface area contributed by atoms with E-state index in [1.807, 2.05) is 4.90 Å². The number of para-hydroxylation sites is 4. The van der Waals surface area contributed by atoms with Crippen molar-refractivity contribution in [3.05, 3.63) is 133 Å². The van der Waals surface area contributed by atoms with Crippen molar-refractivity contribution in [2.24, 2.45) is 0 Å². The van der Waals surface area contributed by atoms with Gasteiger partial charge in [-0.2, -0.15) is 0 Å². The van der Waals surface area contributed by atoms with Crippen LogP contribution < -0.4 is 14.7 Å². The molecule has 12 heteroatoms. The molecule has 3 aliphatic rings. The first-order chi connectivity index (χ1) is 23.5. The van der Waals surface area contributed by atoms with Crippen LogP contribution in [0.1, 0.15) is 0 Å². The summed E-state index contributed by atoms with van der Waals surface area (Å²) in [6.07, 6.45) is 0. The van der Waals surface area contributed by atoms with Gasteiger partial charge in [0, 0.05) is 18.4 Å². The van der Waals surface area contributed by atoms with Gasteiger partial charge in [-0.15, -0.1) is 0 Å². The predicted octanol–water partition coefficient (Wildman–Crippen LogP) is 7.83. The average Bonchev–Trinajstić information content (AvgIpc) is 3.11.